The Morgan fingerprint density at radius 2 is 1.70 bits per heavy atom. The summed E-state index contributed by atoms with van der Waals surface area (Å²) in [5.74, 6) is 0.501. The molecular weight excluding hydrogens is 458 g/mol. The summed E-state index contributed by atoms with van der Waals surface area (Å²) in [7, 11) is 0. The third-order valence-electron chi connectivity index (χ3n) is 6.81. The SMILES string of the molecule is O[C@H]1CC[C@@H](CN2CCC(=C3c4ccccc4Sc4ccc(Br)cc43)CC2)C[C@@H]1O. The second-order valence-electron chi connectivity index (χ2n) is 8.83. The Kier molecular flexibility index (Phi) is 6.09. The van der Waals surface area contributed by atoms with Gasteiger partial charge in [0.1, 0.15) is 0 Å². The molecule has 0 bridgehead atoms. The molecule has 2 heterocycles. The van der Waals surface area contributed by atoms with Gasteiger partial charge in [0.25, 0.3) is 0 Å². The average molecular weight is 486 g/mol. The molecule has 1 saturated carbocycles. The maximum Gasteiger partial charge on any atom is 0.0802 e. The first kappa shape index (κ1) is 20.8. The molecule has 0 spiro atoms. The number of aliphatic hydroxyl groups is 2. The molecular formula is C25H28BrNO2S. The van der Waals surface area contributed by atoms with Crippen LogP contribution in [0, 0.1) is 5.92 Å². The van der Waals surface area contributed by atoms with Gasteiger partial charge in [-0.1, -0.05) is 51.5 Å². The molecule has 3 aliphatic rings. The number of benzene rings is 2. The van der Waals surface area contributed by atoms with E-state index in [0.29, 0.717) is 5.92 Å². The molecule has 2 aromatic carbocycles. The Morgan fingerprint density at radius 3 is 2.50 bits per heavy atom. The van der Waals surface area contributed by atoms with E-state index in [2.05, 4.69) is 63.3 Å². The molecule has 3 atom stereocenters. The van der Waals surface area contributed by atoms with E-state index < -0.39 is 12.2 Å². The maximum atomic E-state index is 10.0. The minimum absolute atomic E-state index is 0.501. The van der Waals surface area contributed by atoms with E-state index in [1.54, 1.807) is 5.57 Å². The molecule has 1 saturated heterocycles. The molecule has 0 radical (unpaired) electrons. The Bertz CT molecular complexity index is 965. The highest BCUT2D eigenvalue weighted by Gasteiger charge is 2.30. The van der Waals surface area contributed by atoms with Crippen molar-refractivity contribution in [1.82, 2.24) is 4.90 Å². The Labute approximate surface area is 191 Å². The topological polar surface area (TPSA) is 43.7 Å². The van der Waals surface area contributed by atoms with E-state index in [4.69, 9.17) is 0 Å². The number of fused-ring (bicyclic) bond motifs is 2. The number of hydrogen-bond donors (Lipinski definition) is 2. The first-order valence-electron chi connectivity index (χ1n) is 11.0. The van der Waals surface area contributed by atoms with Gasteiger partial charge in [0.05, 0.1) is 12.2 Å². The van der Waals surface area contributed by atoms with E-state index in [1.807, 2.05) is 11.8 Å². The van der Waals surface area contributed by atoms with Crippen molar-refractivity contribution >= 4 is 33.3 Å². The fourth-order valence-electron chi connectivity index (χ4n) is 5.19. The summed E-state index contributed by atoms with van der Waals surface area (Å²) in [6.07, 6.45) is 3.61. The first-order valence-corrected chi connectivity index (χ1v) is 12.6. The Balaban J connectivity index is 1.37. The van der Waals surface area contributed by atoms with Crippen LogP contribution in [0.2, 0.25) is 0 Å². The zero-order chi connectivity index (χ0) is 20.7. The van der Waals surface area contributed by atoms with Crippen LogP contribution in [0.5, 0.6) is 0 Å². The highest BCUT2D eigenvalue weighted by atomic mass is 79.9. The molecule has 2 aliphatic heterocycles. The second kappa shape index (κ2) is 8.79. The van der Waals surface area contributed by atoms with E-state index in [9.17, 15) is 10.2 Å². The number of rotatable bonds is 2. The molecule has 2 aromatic rings. The number of halogens is 1. The van der Waals surface area contributed by atoms with Crippen LogP contribution in [0.3, 0.4) is 0 Å². The molecule has 0 amide bonds. The summed E-state index contributed by atoms with van der Waals surface area (Å²) in [5.41, 5.74) is 5.75. The number of aliphatic hydroxyl groups excluding tert-OH is 2. The zero-order valence-corrected chi connectivity index (χ0v) is 19.5. The number of piperidine rings is 1. The second-order valence-corrected chi connectivity index (χ2v) is 10.8. The average Bonchev–Trinajstić information content (AvgIpc) is 2.75. The first-order chi connectivity index (χ1) is 14.6. The quantitative estimate of drug-likeness (QED) is 0.514. The standard InChI is InChI=1S/C25H28BrNO2S/c26-18-6-8-24-20(14-18)25(19-3-1-2-4-23(19)30-24)17-9-11-27(12-10-17)15-16-5-7-21(28)22(29)13-16/h1-4,6,8,14,16,21-22,28-29H,5,7,9-13,15H2/t16-,21+,22+/m1/s1. The van der Waals surface area contributed by atoms with Crippen molar-refractivity contribution < 1.29 is 10.2 Å². The molecule has 2 N–H and O–H groups in total. The zero-order valence-electron chi connectivity index (χ0n) is 17.1. The lowest BCUT2D eigenvalue weighted by molar-refractivity contribution is -0.0304. The maximum absolute atomic E-state index is 10.0. The van der Waals surface area contributed by atoms with E-state index in [0.717, 1.165) is 56.2 Å². The predicted molar refractivity (Wildman–Crippen MR) is 126 cm³/mol. The van der Waals surface area contributed by atoms with Gasteiger partial charge in [0.15, 0.2) is 0 Å². The minimum Gasteiger partial charge on any atom is -0.390 e. The molecule has 0 unspecified atom stereocenters. The van der Waals surface area contributed by atoms with Gasteiger partial charge < -0.3 is 15.1 Å². The Hall–Kier alpha value is -1.11. The van der Waals surface area contributed by atoms with Crippen LogP contribution in [-0.4, -0.2) is 47.0 Å². The van der Waals surface area contributed by atoms with E-state index >= 15 is 0 Å². The summed E-state index contributed by atoms with van der Waals surface area (Å²) in [6, 6.07) is 15.5. The summed E-state index contributed by atoms with van der Waals surface area (Å²) >= 11 is 5.55. The van der Waals surface area contributed by atoms with Crippen molar-refractivity contribution in [3.63, 3.8) is 0 Å². The fraction of sp³-hybridized carbons (Fsp3) is 0.440. The predicted octanol–water partition coefficient (Wildman–Crippen LogP) is 5.33. The van der Waals surface area contributed by atoms with Crippen LogP contribution in [0.1, 0.15) is 43.2 Å². The lowest BCUT2D eigenvalue weighted by Gasteiger charge is -2.37. The largest absolute Gasteiger partial charge is 0.390 e. The molecule has 5 heteroatoms. The number of likely N-dealkylation sites (tertiary alicyclic amines) is 1. The lowest BCUT2D eigenvalue weighted by atomic mass is 9.84. The van der Waals surface area contributed by atoms with Gasteiger partial charge in [0, 0.05) is 33.9 Å². The monoisotopic (exact) mass is 485 g/mol. The summed E-state index contributed by atoms with van der Waals surface area (Å²) in [5, 5.41) is 19.8. The molecule has 0 aromatic heterocycles. The smallest absolute Gasteiger partial charge is 0.0802 e. The highest BCUT2D eigenvalue weighted by molar-refractivity contribution is 9.10. The summed E-state index contributed by atoms with van der Waals surface area (Å²) in [6.45, 7) is 3.19. The molecule has 30 heavy (non-hydrogen) atoms. The third kappa shape index (κ3) is 4.15. The van der Waals surface area contributed by atoms with Gasteiger partial charge >= 0.3 is 0 Å². The van der Waals surface area contributed by atoms with Gasteiger partial charge in [-0.2, -0.15) is 0 Å². The van der Waals surface area contributed by atoms with Crippen LogP contribution >= 0.6 is 27.7 Å². The van der Waals surface area contributed by atoms with E-state index in [-0.39, 0.29) is 0 Å². The van der Waals surface area contributed by atoms with Crippen LogP contribution in [-0.2, 0) is 0 Å². The Morgan fingerprint density at radius 1 is 0.933 bits per heavy atom. The normalized spacial score (nSPS) is 27.0. The number of hydrogen-bond acceptors (Lipinski definition) is 4. The van der Waals surface area contributed by atoms with Gasteiger partial charge in [0.2, 0.25) is 0 Å². The molecule has 3 nitrogen and oxygen atoms in total. The van der Waals surface area contributed by atoms with Gasteiger partial charge in [-0.25, -0.2) is 0 Å². The van der Waals surface area contributed by atoms with Crippen molar-refractivity contribution in [2.45, 2.75) is 54.1 Å². The van der Waals surface area contributed by atoms with Crippen LogP contribution < -0.4 is 0 Å². The van der Waals surface area contributed by atoms with Crippen molar-refractivity contribution in [1.29, 1.82) is 0 Å². The van der Waals surface area contributed by atoms with Crippen molar-refractivity contribution in [2.24, 2.45) is 5.92 Å². The van der Waals surface area contributed by atoms with Crippen molar-refractivity contribution in [2.75, 3.05) is 19.6 Å². The summed E-state index contributed by atoms with van der Waals surface area (Å²) in [4.78, 5) is 5.26. The van der Waals surface area contributed by atoms with Gasteiger partial charge in [-0.05, 0) is 79.0 Å². The van der Waals surface area contributed by atoms with Crippen molar-refractivity contribution in [3.05, 3.63) is 63.6 Å². The van der Waals surface area contributed by atoms with Gasteiger partial charge in [-0.15, -0.1) is 0 Å². The lowest BCUT2D eigenvalue weighted by Crippen LogP contribution is -2.40. The molecule has 2 fully saturated rings. The van der Waals surface area contributed by atoms with Crippen molar-refractivity contribution in [3.8, 4) is 0 Å². The van der Waals surface area contributed by atoms with Crippen LogP contribution in [0.15, 0.2) is 62.3 Å². The summed E-state index contributed by atoms with van der Waals surface area (Å²) < 4.78 is 1.13. The third-order valence-corrected chi connectivity index (χ3v) is 8.45. The molecule has 1 aliphatic carbocycles. The highest BCUT2D eigenvalue weighted by Crippen LogP contribution is 2.48. The van der Waals surface area contributed by atoms with Crippen LogP contribution in [0.4, 0.5) is 0 Å². The molecule has 158 valence electrons. The fourth-order valence-corrected chi connectivity index (χ4v) is 6.63. The minimum atomic E-state index is -0.544. The molecule has 5 rings (SSSR count). The van der Waals surface area contributed by atoms with Crippen LogP contribution in [0.25, 0.3) is 5.57 Å². The van der Waals surface area contributed by atoms with Gasteiger partial charge in [-0.3, -0.25) is 0 Å². The van der Waals surface area contributed by atoms with E-state index in [1.165, 1.54) is 26.5 Å². The number of nitrogens with zero attached hydrogens (tertiary/aromatic N) is 1.